The van der Waals surface area contributed by atoms with Gasteiger partial charge in [0.1, 0.15) is 12.2 Å². The maximum absolute atomic E-state index is 13.4. The topological polar surface area (TPSA) is 65.1 Å². The number of hydrogen-bond acceptors (Lipinski definition) is 5. The lowest BCUT2D eigenvalue weighted by molar-refractivity contribution is -0.143. The van der Waals surface area contributed by atoms with Gasteiger partial charge in [0.15, 0.2) is 11.5 Å². The van der Waals surface area contributed by atoms with Gasteiger partial charge in [-0.2, -0.15) is 0 Å². The first kappa shape index (κ1) is 24.2. The summed E-state index contributed by atoms with van der Waals surface area (Å²) in [6.45, 7) is 4.65. The molecule has 2 aliphatic carbocycles. The van der Waals surface area contributed by atoms with Crippen LogP contribution in [0, 0.1) is 11.8 Å². The van der Waals surface area contributed by atoms with Crippen molar-refractivity contribution in [3.8, 4) is 11.5 Å². The number of nitrogens with zero attached hydrogens (tertiary/aromatic N) is 1. The van der Waals surface area contributed by atoms with Crippen molar-refractivity contribution in [2.45, 2.75) is 51.7 Å². The predicted molar refractivity (Wildman–Crippen MR) is 140 cm³/mol. The molecular weight excluding hydrogens is 454 g/mol. The van der Waals surface area contributed by atoms with Crippen LogP contribution in [0.5, 0.6) is 11.5 Å². The van der Waals surface area contributed by atoms with Crippen LogP contribution in [0.15, 0.2) is 48.6 Å². The van der Waals surface area contributed by atoms with Crippen molar-refractivity contribution in [3.63, 3.8) is 0 Å². The minimum absolute atomic E-state index is 0.0628. The van der Waals surface area contributed by atoms with E-state index in [-0.39, 0.29) is 30.3 Å². The van der Waals surface area contributed by atoms with Crippen molar-refractivity contribution in [2.24, 2.45) is 11.8 Å². The van der Waals surface area contributed by atoms with E-state index in [4.69, 9.17) is 14.2 Å². The van der Waals surface area contributed by atoms with Gasteiger partial charge < -0.3 is 19.1 Å². The molecule has 36 heavy (non-hydrogen) atoms. The van der Waals surface area contributed by atoms with Crippen LogP contribution in [-0.4, -0.2) is 31.2 Å². The molecule has 0 unspecified atom stereocenters. The molecule has 2 saturated carbocycles. The van der Waals surface area contributed by atoms with Gasteiger partial charge in [0.05, 0.1) is 19.6 Å². The zero-order valence-corrected chi connectivity index (χ0v) is 21.2. The SMILES string of the molecule is COc1c(CN(C(=O)C2CC2)c2cccc(/C=C/COC(=O)C3CC3)c2)ccc2c1OC(C)(C)C=C2. The summed E-state index contributed by atoms with van der Waals surface area (Å²) in [6.07, 6.45) is 11.6. The summed E-state index contributed by atoms with van der Waals surface area (Å²) in [5.41, 5.74) is 3.19. The molecule has 2 aromatic carbocycles. The van der Waals surface area contributed by atoms with Crippen molar-refractivity contribution in [1.82, 2.24) is 0 Å². The van der Waals surface area contributed by atoms with Gasteiger partial charge in [0, 0.05) is 22.7 Å². The van der Waals surface area contributed by atoms with Crippen LogP contribution in [0.3, 0.4) is 0 Å². The number of ether oxygens (including phenoxy) is 3. The lowest BCUT2D eigenvalue weighted by Gasteiger charge is -2.31. The Labute approximate surface area is 212 Å². The number of amides is 1. The first-order valence-corrected chi connectivity index (χ1v) is 12.7. The highest BCUT2D eigenvalue weighted by molar-refractivity contribution is 5.96. The Morgan fingerprint density at radius 2 is 1.89 bits per heavy atom. The molecule has 0 saturated heterocycles. The van der Waals surface area contributed by atoms with Crippen LogP contribution < -0.4 is 14.4 Å². The van der Waals surface area contributed by atoms with Gasteiger partial charge in [0.25, 0.3) is 0 Å². The lowest BCUT2D eigenvalue weighted by atomic mass is 9.99. The molecule has 1 heterocycles. The number of anilines is 1. The molecule has 3 aliphatic rings. The zero-order valence-electron chi connectivity index (χ0n) is 21.2. The molecule has 0 bridgehead atoms. The van der Waals surface area contributed by atoms with Crippen LogP contribution in [-0.2, 0) is 20.9 Å². The van der Waals surface area contributed by atoms with Crippen LogP contribution in [0.2, 0.25) is 0 Å². The lowest BCUT2D eigenvalue weighted by Crippen LogP contribution is -2.32. The van der Waals surface area contributed by atoms with Crippen LogP contribution in [0.4, 0.5) is 5.69 Å². The summed E-state index contributed by atoms with van der Waals surface area (Å²) in [5.74, 6) is 1.53. The Kier molecular flexibility index (Phi) is 6.61. The number of esters is 1. The molecule has 6 heteroatoms. The van der Waals surface area contributed by atoms with Gasteiger partial charge in [-0.05, 0) is 69.4 Å². The summed E-state index contributed by atoms with van der Waals surface area (Å²) in [7, 11) is 1.64. The highest BCUT2D eigenvalue weighted by atomic mass is 16.5. The molecule has 0 aromatic heterocycles. The summed E-state index contributed by atoms with van der Waals surface area (Å²) < 4.78 is 17.3. The quantitative estimate of drug-likeness (QED) is 0.419. The summed E-state index contributed by atoms with van der Waals surface area (Å²) in [4.78, 5) is 27.0. The Morgan fingerprint density at radius 3 is 2.61 bits per heavy atom. The van der Waals surface area contributed by atoms with Crippen molar-refractivity contribution in [3.05, 3.63) is 65.2 Å². The van der Waals surface area contributed by atoms with Gasteiger partial charge in [-0.3, -0.25) is 9.59 Å². The van der Waals surface area contributed by atoms with E-state index in [9.17, 15) is 9.59 Å². The normalized spacial score (nSPS) is 17.9. The Morgan fingerprint density at radius 1 is 1.11 bits per heavy atom. The highest BCUT2D eigenvalue weighted by Gasteiger charge is 2.35. The van der Waals surface area contributed by atoms with Gasteiger partial charge in [-0.1, -0.05) is 36.4 Å². The predicted octanol–water partition coefficient (Wildman–Crippen LogP) is 5.79. The second-order valence-electron chi connectivity index (χ2n) is 10.3. The third kappa shape index (κ3) is 5.48. The molecule has 1 aliphatic heterocycles. The number of rotatable bonds is 9. The second-order valence-corrected chi connectivity index (χ2v) is 10.3. The second kappa shape index (κ2) is 9.84. The first-order valence-electron chi connectivity index (χ1n) is 12.7. The number of hydrogen-bond donors (Lipinski definition) is 0. The fourth-order valence-corrected chi connectivity index (χ4v) is 4.36. The molecular formula is C30H33NO5. The molecule has 0 radical (unpaired) electrons. The fraction of sp³-hybridized carbons (Fsp3) is 0.400. The number of carbonyl (C=O) groups excluding carboxylic acids is 2. The number of fused-ring (bicyclic) bond motifs is 1. The van der Waals surface area contributed by atoms with Crippen LogP contribution >= 0.6 is 0 Å². The number of carbonyl (C=O) groups is 2. The molecule has 2 fully saturated rings. The first-order chi connectivity index (χ1) is 17.3. The Balaban J connectivity index is 1.38. The molecule has 2 aromatic rings. The maximum Gasteiger partial charge on any atom is 0.309 e. The zero-order chi connectivity index (χ0) is 25.3. The molecule has 0 spiro atoms. The summed E-state index contributed by atoms with van der Waals surface area (Å²) in [6, 6.07) is 11.9. The van der Waals surface area contributed by atoms with Crippen molar-refractivity contribution >= 4 is 29.7 Å². The number of benzene rings is 2. The minimum atomic E-state index is -0.434. The maximum atomic E-state index is 13.4. The molecule has 188 valence electrons. The fourth-order valence-electron chi connectivity index (χ4n) is 4.36. The molecule has 1 amide bonds. The van der Waals surface area contributed by atoms with Gasteiger partial charge >= 0.3 is 5.97 Å². The van der Waals surface area contributed by atoms with E-state index in [1.165, 1.54) is 0 Å². The standard InChI is InChI=1S/C30H33NO5/c1-30(2)16-15-21-9-14-24(26(34-3)27(21)36-30)19-31(28(32)22-10-11-22)25-8-4-6-20(18-25)7-5-17-35-29(33)23-12-13-23/h4-9,14-16,18,22-23H,10-13,17,19H2,1-3H3/b7-5+. The van der Waals surface area contributed by atoms with E-state index in [2.05, 4.69) is 6.08 Å². The molecule has 0 atom stereocenters. The van der Waals surface area contributed by atoms with E-state index < -0.39 is 5.60 Å². The third-order valence-corrected chi connectivity index (χ3v) is 6.70. The monoisotopic (exact) mass is 487 g/mol. The van der Waals surface area contributed by atoms with Gasteiger partial charge in [-0.25, -0.2) is 0 Å². The van der Waals surface area contributed by atoms with E-state index in [1.807, 2.05) is 73.4 Å². The van der Waals surface area contributed by atoms with Gasteiger partial charge in [-0.15, -0.1) is 0 Å². The Bertz CT molecular complexity index is 1220. The summed E-state index contributed by atoms with van der Waals surface area (Å²) >= 11 is 0. The van der Waals surface area contributed by atoms with E-state index in [0.29, 0.717) is 18.0 Å². The molecule has 6 nitrogen and oxygen atoms in total. The largest absolute Gasteiger partial charge is 0.492 e. The summed E-state index contributed by atoms with van der Waals surface area (Å²) in [5, 5.41) is 0. The van der Waals surface area contributed by atoms with E-state index >= 15 is 0 Å². The van der Waals surface area contributed by atoms with Crippen molar-refractivity contribution < 1.29 is 23.8 Å². The number of methoxy groups -OCH3 is 1. The van der Waals surface area contributed by atoms with Gasteiger partial charge in [0.2, 0.25) is 5.91 Å². The minimum Gasteiger partial charge on any atom is -0.492 e. The highest BCUT2D eigenvalue weighted by Crippen LogP contribution is 2.42. The average Bonchev–Trinajstić information content (AvgIpc) is 3.77. The van der Waals surface area contributed by atoms with E-state index in [0.717, 1.165) is 48.1 Å². The average molecular weight is 488 g/mol. The van der Waals surface area contributed by atoms with E-state index in [1.54, 1.807) is 7.11 Å². The molecule has 5 rings (SSSR count). The molecule has 0 N–H and O–H groups in total. The third-order valence-electron chi connectivity index (χ3n) is 6.70. The Hall–Kier alpha value is -3.54. The van der Waals surface area contributed by atoms with Crippen LogP contribution in [0.25, 0.3) is 12.2 Å². The van der Waals surface area contributed by atoms with Crippen molar-refractivity contribution in [2.75, 3.05) is 18.6 Å². The van der Waals surface area contributed by atoms with Crippen LogP contribution in [0.1, 0.15) is 56.2 Å². The smallest absolute Gasteiger partial charge is 0.309 e. The van der Waals surface area contributed by atoms with Crippen molar-refractivity contribution in [1.29, 1.82) is 0 Å².